The second-order valence-corrected chi connectivity index (χ2v) is 7.43. The predicted octanol–water partition coefficient (Wildman–Crippen LogP) is 2.07. The van der Waals surface area contributed by atoms with Gasteiger partial charge in [-0.25, -0.2) is 0 Å². The van der Waals surface area contributed by atoms with Crippen LogP contribution in [0.1, 0.15) is 45.2 Å². The summed E-state index contributed by atoms with van der Waals surface area (Å²) in [7, 11) is -4.59. The van der Waals surface area contributed by atoms with E-state index in [1.54, 1.807) is 18.2 Å². The largest absolute Gasteiger partial charge is 0.324 e. The molecule has 1 aliphatic rings. The van der Waals surface area contributed by atoms with Gasteiger partial charge in [0.05, 0.1) is 11.3 Å². The van der Waals surface area contributed by atoms with Gasteiger partial charge in [-0.1, -0.05) is 43.3 Å². The van der Waals surface area contributed by atoms with Crippen LogP contribution in [-0.4, -0.2) is 35.7 Å². The molecule has 134 valence electrons. The predicted molar refractivity (Wildman–Crippen MR) is 94.0 cm³/mol. The van der Waals surface area contributed by atoms with Crippen LogP contribution >= 0.6 is 0 Å². The van der Waals surface area contributed by atoms with E-state index in [2.05, 4.69) is 5.32 Å². The van der Waals surface area contributed by atoms with E-state index in [9.17, 15) is 27.4 Å². The Morgan fingerprint density at radius 3 is 2.15 bits per heavy atom. The lowest BCUT2D eigenvalue weighted by molar-refractivity contribution is -0.116. The molecule has 2 aromatic carbocycles. The van der Waals surface area contributed by atoms with Gasteiger partial charge < -0.3 is 5.32 Å². The Bertz CT molecular complexity index is 1040. The van der Waals surface area contributed by atoms with Crippen LogP contribution in [0.15, 0.2) is 42.5 Å². The van der Waals surface area contributed by atoms with Crippen molar-refractivity contribution in [1.82, 2.24) is 0 Å². The normalized spacial score (nSPS) is 14.4. The van der Waals surface area contributed by atoms with E-state index in [0.29, 0.717) is 0 Å². The molecule has 1 atom stereocenters. The van der Waals surface area contributed by atoms with Gasteiger partial charge in [-0.15, -0.1) is 0 Å². The maximum Gasteiger partial charge on any atom is 0.276 e. The smallest absolute Gasteiger partial charge is 0.276 e. The van der Waals surface area contributed by atoms with Crippen molar-refractivity contribution in [3.63, 3.8) is 0 Å². The first kappa shape index (κ1) is 18.0. The molecule has 0 aliphatic heterocycles. The zero-order valence-electron chi connectivity index (χ0n) is 13.7. The van der Waals surface area contributed by atoms with Crippen molar-refractivity contribution in [3.05, 3.63) is 64.7 Å². The molecule has 26 heavy (non-hydrogen) atoms. The van der Waals surface area contributed by atoms with Crippen molar-refractivity contribution >= 4 is 33.3 Å². The van der Waals surface area contributed by atoms with Gasteiger partial charge >= 0.3 is 0 Å². The van der Waals surface area contributed by atoms with Gasteiger partial charge in [0.1, 0.15) is 0 Å². The minimum atomic E-state index is -4.59. The van der Waals surface area contributed by atoms with Crippen molar-refractivity contribution in [1.29, 1.82) is 0 Å². The first-order chi connectivity index (χ1) is 12.3. The summed E-state index contributed by atoms with van der Waals surface area (Å²) in [6.45, 7) is 1.43. The number of nitrogens with one attached hydrogen (secondary N) is 1. The van der Waals surface area contributed by atoms with E-state index in [1.165, 1.54) is 31.2 Å². The lowest BCUT2D eigenvalue weighted by atomic mass is 9.83. The van der Waals surface area contributed by atoms with Gasteiger partial charge in [0, 0.05) is 16.7 Å². The van der Waals surface area contributed by atoms with E-state index < -0.39 is 27.1 Å². The number of anilines is 1. The van der Waals surface area contributed by atoms with Gasteiger partial charge in [0.2, 0.25) is 5.91 Å². The standard InChI is InChI=1S/C18H15NO6S/c1-2-14(26(23,24)25)18(22)19-13-9-5-8-12-15(13)17(21)11-7-4-3-6-10(11)16(12)20/h3-9,14H,2H2,1H3,(H,19,22)(H,23,24,25)/t14-/m0/s1. The van der Waals surface area contributed by atoms with E-state index in [-0.39, 0.29) is 40.1 Å². The molecule has 0 saturated carbocycles. The highest BCUT2D eigenvalue weighted by Gasteiger charge is 2.34. The Balaban J connectivity index is 2.06. The fourth-order valence-corrected chi connectivity index (χ4v) is 3.74. The Morgan fingerprint density at radius 1 is 1.00 bits per heavy atom. The molecule has 3 rings (SSSR count). The maximum absolute atomic E-state index is 12.8. The summed E-state index contributed by atoms with van der Waals surface area (Å²) < 4.78 is 31.9. The third-order valence-electron chi connectivity index (χ3n) is 4.23. The minimum absolute atomic E-state index is 0.00902. The summed E-state index contributed by atoms with van der Waals surface area (Å²) in [5, 5.41) is 0.692. The molecule has 0 fully saturated rings. The van der Waals surface area contributed by atoms with Crippen LogP contribution in [0, 0.1) is 0 Å². The van der Waals surface area contributed by atoms with Crippen molar-refractivity contribution < 1.29 is 27.4 Å². The summed E-state index contributed by atoms with van der Waals surface area (Å²) in [6, 6.07) is 10.7. The van der Waals surface area contributed by atoms with Gasteiger partial charge in [-0.2, -0.15) is 8.42 Å². The van der Waals surface area contributed by atoms with Crippen molar-refractivity contribution in [2.24, 2.45) is 0 Å². The highest BCUT2D eigenvalue weighted by atomic mass is 32.2. The molecule has 0 spiro atoms. The fourth-order valence-electron chi connectivity index (χ4n) is 2.99. The Labute approximate surface area is 149 Å². The molecule has 0 aromatic heterocycles. The number of rotatable bonds is 4. The third-order valence-corrected chi connectivity index (χ3v) is 5.50. The molecule has 0 bridgehead atoms. The van der Waals surface area contributed by atoms with Gasteiger partial charge in [-0.3, -0.25) is 18.9 Å². The number of ketones is 2. The molecule has 0 saturated heterocycles. The molecule has 2 aromatic rings. The van der Waals surface area contributed by atoms with Gasteiger partial charge in [0.15, 0.2) is 16.8 Å². The van der Waals surface area contributed by atoms with E-state index in [1.807, 2.05) is 0 Å². The number of carbonyl (C=O) groups is 3. The molecule has 1 aliphatic carbocycles. The number of hydrogen-bond acceptors (Lipinski definition) is 5. The minimum Gasteiger partial charge on any atom is -0.324 e. The first-order valence-electron chi connectivity index (χ1n) is 7.84. The van der Waals surface area contributed by atoms with Gasteiger partial charge in [0.25, 0.3) is 10.1 Å². The molecule has 1 amide bonds. The van der Waals surface area contributed by atoms with Crippen LogP contribution in [0.2, 0.25) is 0 Å². The Morgan fingerprint density at radius 2 is 1.58 bits per heavy atom. The van der Waals surface area contributed by atoms with Crippen molar-refractivity contribution in [2.45, 2.75) is 18.6 Å². The topological polar surface area (TPSA) is 118 Å². The molecular weight excluding hydrogens is 358 g/mol. The summed E-state index contributed by atoms with van der Waals surface area (Å²) in [6.07, 6.45) is -0.143. The monoisotopic (exact) mass is 373 g/mol. The Kier molecular flexibility index (Phi) is 4.47. The molecule has 0 radical (unpaired) electrons. The highest BCUT2D eigenvalue weighted by molar-refractivity contribution is 7.87. The molecule has 2 N–H and O–H groups in total. The van der Waals surface area contributed by atoms with Crippen LogP contribution in [0.25, 0.3) is 0 Å². The van der Waals surface area contributed by atoms with Crippen molar-refractivity contribution in [3.8, 4) is 0 Å². The summed E-state index contributed by atoms with van der Waals surface area (Å²) in [4.78, 5) is 37.7. The molecule has 0 unspecified atom stereocenters. The van der Waals surface area contributed by atoms with Crippen LogP contribution in [0.3, 0.4) is 0 Å². The number of amides is 1. The summed E-state index contributed by atoms with van der Waals surface area (Å²) in [5.74, 6) is -1.76. The quantitative estimate of drug-likeness (QED) is 0.676. The molecule has 7 nitrogen and oxygen atoms in total. The highest BCUT2D eigenvalue weighted by Crippen LogP contribution is 2.32. The number of benzene rings is 2. The summed E-state index contributed by atoms with van der Waals surface area (Å²) >= 11 is 0. The average Bonchev–Trinajstić information content (AvgIpc) is 2.59. The van der Waals surface area contributed by atoms with E-state index in [4.69, 9.17) is 0 Å². The zero-order chi connectivity index (χ0) is 19.1. The van der Waals surface area contributed by atoms with Crippen molar-refractivity contribution in [2.75, 3.05) is 5.32 Å². The maximum atomic E-state index is 12.8. The van der Waals surface area contributed by atoms with Crippen LogP contribution in [-0.2, 0) is 14.9 Å². The molecular formula is C18H15NO6S. The van der Waals surface area contributed by atoms with E-state index in [0.717, 1.165) is 0 Å². The van der Waals surface area contributed by atoms with Crippen LogP contribution < -0.4 is 5.32 Å². The fraction of sp³-hybridized carbons (Fsp3) is 0.167. The number of carbonyl (C=O) groups excluding carboxylic acids is 3. The molecule has 0 heterocycles. The summed E-state index contributed by atoms with van der Waals surface area (Å²) in [5.41, 5.74) is 0.662. The number of fused-ring (bicyclic) bond motifs is 2. The SMILES string of the molecule is CC[C@@H](C(=O)Nc1cccc2c1C(=O)c1ccccc1C2=O)S(=O)(=O)O. The average molecular weight is 373 g/mol. The zero-order valence-corrected chi connectivity index (χ0v) is 14.5. The third kappa shape index (κ3) is 2.93. The lowest BCUT2D eigenvalue weighted by Crippen LogP contribution is -2.35. The van der Waals surface area contributed by atoms with E-state index >= 15 is 0 Å². The number of hydrogen-bond donors (Lipinski definition) is 2. The molecule has 8 heteroatoms. The van der Waals surface area contributed by atoms with Gasteiger partial charge in [-0.05, 0) is 12.5 Å². The van der Waals surface area contributed by atoms with Crippen LogP contribution in [0.5, 0.6) is 0 Å². The van der Waals surface area contributed by atoms with Crippen LogP contribution in [0.4, 0.5) is 5.69 Å². The first-order valence-corrected chi connectivity index (χ1v) is 9.34. The Hall–Kier alpha value is -2.84. The second-order valence-electron chi connectivity index (χ2n) is 5.83. The second kappa shape index (κ2) is 6.47. The lowest BCUT2D eigenvalue weighted by Gasteiger charge is -2.21.